The van der Waals surface area contributed by atoms with Crippen molar-refractivity contribution in [1.82, 2.24) is 0 Å². The second kappa shape index (κ2) is 4.68. The highest BCUT2D eigenvalue weighted by molar-refractivity contribution is 7.92. The summed E-state index contributed by atoms with van der Waals surface area (Å²) in [6.45, 7) is 1.42. The molecule has 1 rings (SSSR count). The Morgan fingerprint density at radius 1 is 1.22 bits per heavy atom. The highest BCUT2D eigenvalue weighted by Crippen LogP contribution is 2.31. The average Bonchev–Trinajstić information content (AvgIpc) is 2.25. The fourth-order valence-corrected chi connectivity index (χ4v) is 2.03. The standard InChI is InChI=1S/C10H8F4O3S/c1-2-9(15)6-3-7(11)5-8(4-6)18(16,17)10(12,13)14/h3-5H,2H2,1H3. The summed E-state index contributed by atoms with van der Waals surface area (Å²) in [5, 5.41) is 0. The zero-order valence-corrected chi connectivity index (χ0v) is 9.90. The van der Waals surface area contributed by atoms with E-state index in [4.69, 9.17) is 0 Å². The number of halogens is 4. The number of rotatable bonds is 3. The van der Waals surface area contributed by atoms with Gasteiger partial charge in [-0.25, -0.2) is 12.8 Å². The van der Waals surface area contributed by atoms with Gasteiger partial charge in [-0.15, -0.1) is 0 Å². The van der Waals surface area contributed by atoms with Crippen LogP contribution in [-0.4, -0.2) is 19.7 Å². The Bertz CT molecular complexity index is 575. The lowest BCUT2D eigenvalue weighted by molar-refractivity contribution is -0.0436. The van der Waals surface area contributed by atoms with Crippen LogP contribution in [0.15, 0.2) is 23.1 Å². The number of hydrogen-bond donors (Lipinski definition) is 0. The Labute approximate surface area is 100 Å². The quantitative estimate of drug-likeness (QED) is 0.633. The lowest BCUT2D eigenvalue weighted by Crippen LogP contribution is -2.23. The lowest BCUT2D eigenvalue weighted by Gasteiger charge is -2.09. The van der Waals surface area contributed by atoms with E-state index in [0.717, 1.165) is 0 Å². The molecule has 0 saturated heterocycles. The van der Waals surface area contributed by atoms with Gasteiger partial charge in [0.1, 0.15) is 5.82 Å². The maximum absolute atomic E-state index is 13.1. The minimum atomic E-state index is -5.66. The topological polar surface area (TPSA) is 51.2 Å². The minimum Gasteiger partial charge on any atom is -0.294 e. The first-order valence-electron chi connectivity index (χ1n) is 4.74. The Morgan fingerprint density at radius 3 is 2.22 bits per heavy atom. The summed E-state index contributed by atoms with van der Waals surface area (Å²) < 4.78 is 72.0. The molecule has 0 spiro atoms. The van der Waals surface area contributed by atoms with Gasteiger partial charge < -0.3 is 0 Å². The van der Waals surface area contributed by atoms with E-state index in [9.17, 15) is 30.8 Å². The van der Waals surface area contributed by atoms with Crippen LogP contribution in [0, 0.1) is 5.82 Å². The van der Waals surface area contributed by atoms with Gasteiger partial charge in [-0.1, -0.05) is 6.92 Å². The Morgan fingerprint density at radius 2 is 1.78 bits per heavy atom. The summed E-state index contributed by atoms with van der Waals surface area (Å²) in [7, 11) is -5.66. The van der Waals surface area contributed by atoms with Gasteiger partial charge in [0.25, 0.3) is 9.84 Å². The van der Waals surface area contributed by atoms with Crippen molar-refractivity contribution in [3.05, 3.63) is 29.6 Å². The predicted molar refractivity (Wildman–Crippen MR) is 54.3 cm³/mol. The van der Waals surface area contributed by atoms with Gasteiger partial charge in [-0.05, 0) is 18.2 Å². The minimum absolute atomic E-state index is 0.0744. The zero-order chi connectivity index (χ0) is 14.1. The van der Waals surface area contributed by atoms with Crippen LogP contribution >= 0.6 is 0 Å². The third kappa shape index (κ3) is 2.69. The first-order valence-corrected chi connectivity index (χ1v) is 6.23. The molecule has 0 bridgehead atoms. The molecule has 0 unspecified atom stereocenters. The molecule has 1 aromatic carbocycles. The molecule has 8 heteroatoms. The molecule has 0 heterocycles. The monoisotopic (exact) mass is 284 g/mol. The van der Waals surface area contributed by atoms with Crippen LogP contribution in [0.1, 0.15) is 23.7 Å². The summed E-state index contributed by atoms with van der Waals surface area (Å²) in [4.78, 5) is 9.98. The fraction of sp³-hybridized carbons (Fsp3) is 0.300. The molecule has 18 heavy (non-hydrogen) atoms. The first-order chi connectivity index (χ1) is 8.09. The van der Waals surface area contributed by atoms with Crippen LogP contribution in [-0.2, 0) is 9.84 Å². The van der Waals surface area contributed by atoms with Gasteiger partial charge in [0.15, 0.2) is 5.78 Å². The van der Waals surface area contributed by atoms with Crippen LogP contribution < -0.4 is 0 Å². The summed E-state index contributed by atoms with van der Waals surface area (Å²) in [5.74, 6) is -1.86. The molecule has 0 N–H and O–H groups in total. The number of carbonyl (C=O) groups is 1. The summed E-state index contributed by atoms with van der Waals surface area (Å²) in [5.41, 5.74) is -5.94. The van der Waals surface area contributed by atoms with E-state index in [1.807, 2.05) is 0 Å². The Balaban J connectivity index is 3.45. The SMILES string of the molecule is CCC(=O)c1cc(F)cc(S(=O)(=O)C(F)(F)F)c1. The number of Topliss-reactive ketones (excluding diaryl/α,β-unsaturated/α-hetero) is 1. The third-order valence-electron chi connectivity index (χ3n) is 2.13. The molecule has 0 radical (unpaired) electrons. The van der Waals surface area contributed by atoms with Crippen LogP contribution in [0.4, 0.5) is 17.6 Å². The summed E-state index contributed by atoms with van der Waals surface area (Å²) in [6.07, 6.45) is -0.0744. The molecule has 0 aliphatic carbocycles. The van der Waals surface area contributed by atoms with Gasteiger partial charge in [-0.2, -0.15) is 13.2 Å². The van der Waals surface area contributed by atoms with Gasteiger partial charge in [-0.3, -0.25) is 4.79 Å². The molecule has 0 aromatic heterocycles. The molecule has 0 amide bonds. The van der Waals surface area contributed by atoms with Crippen molar-refractivity contribution in [2.75, 3.05) is 0 Å². The molecule has 0 fully saturated rings. The fourth-order valence-electron chi connectivity index (χ4n) is 1.22. The van der Waals surface area contributed by atoms with E-state index < -0.39 is 37.4 Å². The van der Waals surface area contributed by atoms with Gasteiger partial charge >= 0.3 is 5.51 Å². The second-order valence-electron chi connectivity index (χ2n) is 3.40. The molecule has 0 aliphatic rings. The van der Waals surface area contributed by atoms with Gasteiger partial charge in [0.05, 0.1) is 4.90 Å². The largest absolute Gasteiger partial charge is 0.501 e. The zero-order valence-electron chi connectivity index (χ0n) is 9.08. The van der Waals surface area contributed by atoms with Crippen molar-refractivity contribution in [3.8, 4) is 0 Å². The highest BCUT2D eigenvalue weighted by Gasteiger charge is 2.47. The van der Waals surface area contributed by atoms with E-state index >= 15 is 0 Å². The maximum atomic E-state index is 13.1. The van der Waals surface area contributed by atoms with Crippen molar-refractivity contribution in [1.29, 1.82) is 0 Å². The third-order valence-corrected chi connectivity index (χ3v) is 3.60. The van der Waals surface area contributed by atoms with Crippen molar-refractivity contribution in [3.63, 3.8) is 0 Å². The molecule has 1 aromatic rings. The molecule has 3 nitrogen and oxygen atoms in total. The molecule has 0 saturated carbocycles. The van der Waals surface area contributed by atoms with Crippen molar-refractivity contribution in [2.24, 2.45) is 0 Å². The van der Waals surface area contributed by atoms with Crippen LogP contribution in [0.2, 0.25) is 0 Å². The first kappa shape index (κ1) is 14.6. The Hall–Kier alpha value is -1.44. The van der Waals surface area contributed by atoms with E-state index in [1.54, 1.807) is 0 Å². The van der Waals surface area contributed by atoms with Crippen molar-refractivity contribution >= 4 is 15.6 Å². The molecule has 100 valence electrons. The normalized spacial score (nSPS) is 12.5. The van der Waals surface area contributed by atoms with E-state index in [1.165, 1.54) is 6.92 Å². The van der Waals surface area contributed by atoms with Crippen molar-refractivity contribution in [2.45, 2.75) is 23.7 Å². The number of carbonyl (C=O) groups excluding carboxylic acids is 1. The van der Waals surface area contributed by atoms with E-state index in [-0.39, 0.29) is 12.5 Å². The molecule has 0 atom stereocenters. The van der Waals surface area contributed by atoms with Gasteiger partial charge in [0.2, 0.25) is 0 Å². The number of benzene rings is 1. The summed E-state index contributed by atoms with van der Waals surface area (Å²) in [6, 6.07) is 1.45. The molecule has 0 aliphatic heterocycles. The Kier molecular flexibility index (Phi) is 3.80. The maximum Gasteiger partial charge on any atom is 0.501 e. The number of hydrogen-bond acceptors (Lipinski definition) is 3. The van der Waals surface area contributed by atoms with E-state index in [2.05, 4.69) is 0 Å². The van der Waals surface area contributed by atoms with Crippen LogP contribution in [0.5, 0.6) is 0 Å². The number of alkyl halides is 3. The predicted octanol–water partition coefficient (Wildman–Crippen LogP) is 2.71. The second-order valence-corrected chi connectivity index (χ2v) is 5.34. The van der Waals surface area contributed by atoms with Crippen LogP contribution in [0.25, 0.3) is 0 Å². The lowest BCUT2D eigenvalue weighted by atomic mass is 10.1. The summed E-state index contributed by atoms with van der Waals surface area (Å²) >= 11 is 0. The smallest absolute Gasteiger partial charge is 0.294 e. The van der Waals surface area contributed by atoms with Gasteiger partial charge in [0, 0.05) is 12.0 Å². The average molecular weight is 284 g/mol. The van der Waals surface area contributed by atoms with Crippen LogP contribution in [0.3, 0.4) is 0 Å². The highest BCUT2D eigenvalue weighted by atomic mass is 32.2. The number of sulfone groups is 1. The van der Waals surface area contributed by atoms with Crippen molar-refractivity contribution < 1.29 is 30.8 Å². The molecular formula is C10H8F4O3S. The number of ketones is 1. The van der Waals surface area contributed by atoms with E-state index in [0.29, 0.717) is 12.1 Å². The molecular weight excluding hydrogens is 276 g/mol.